The molecule has 0 saturated carbocycles. The number of benzene rings is 1. The molecule has 0 aliphatic carbocycles. The summed E-state index contributed by atoms with van der Waals surface area (Å²) in [6.45, 7) is 2.67. The van der Waals surface area contributed by atoms with E-state index in [1.165, 1.54) is 13.8 Å². The SMILES string of the molecule is CC(C)(C=O)Oc1ccc(C(F)(F)F)cc1[N+](=O)[O-]. The molecule has 0 heterocycles. The standard InChI is InChI=1S/C11H10F3NO4/c1-10(2,6-16)19-9-4-3-7(11(12,13)14)5-8(9)15(17)18/h3-6H,1-2H3. The lowest BCUT2D eigenvalue weighted by Crippen LogP contribution is -2.30. The van der Waals surface area contributed by atoms with Crippen LogP contribution in [-0.2, 0) is 11.0 Å². The molecular weight excluding hydrogens is 267 g/mol. The highest BCUT2D eigenvalue weighted by molar-refractivity contribution is 5.62. The van der Waals surface area contributed by atoms with Crippen LogP contribution in [-0.4, -0.2) is 16.8 Å². The topological polar surface area (TPSA) is 69.4 Å². The van der Waals surface area contributed by atoms with Crippen molar-refractivity contribution in [1.82, 2.24) is 0 Å². The number of nitro groups is 1. The third-order valence-electron chi connectivity index (χ3n) is 2.14. The van der Waals surface area contributed by atoms with Crippen molar-refractivity contribution < 1.29 is 27.6 Å². The van der Waals surface area contributed by atoms with E-state index in [9.17, 15) is 28.1 Å². The molecule has 0 aromatic heterocycles. The minimum Gasteiger partial charge on any atom is -0.473 e. The predicted octanol–water partition coefficient (Wildman–Crippen LogP) is 2.97. The molecule has 0 saturated heterocycles. The van der Waals surface area contributed by atoms with Crippen LogP contribution in [0.25, 0.3) is 0 Å². The van der Waals surface area contributed by atoms with Crippen LogP contribution in [0, 0.1) is 10.1 Å². The normalized spacial score (nSPS) is 12.1. The summed E-state index contributed by atoms with van der Waals surface area (Å²) in [5, 5.41) is 10.7. The average Bonchev–Trinajstić information content (AvgIpc) is 2.27. The van der Waals surface area contributed by atoms with E-state index >= 15 is 0 Å². The first-order valence-electron chi connectivity index (χ1n) is 5.08. The zero-order chi connectivity index (χ0) is 14.8. The number of alkyl halides is 3. The maximum atomic E-state index is 12.4. The first-order valence-corrected chi connectivity index (χ1v) is 5.08. The molecule has 0 aliphatic heterocycles. The Balaban J connectivity index is 3.27. The lowest BCUT2D eigenvalue weighted by atomic mass is 10.1. The molecule has 0 N–H and O–H groups in total. The van der Waals surface area contributed by atoms with Crippen molar-refractivity contribution in [2.75, 3.05) is 0 Å². The van der Waals surface area contributed by atoms with Gasteiger partial charge in [0.1, 0.15) is 0 Å². The van der Waals surface area contributed by atoms with Crippen molar-refractivity contribution in [2.45, 2.75) is 25.6 Å². The Labute approximate surface area is 106 Å². The summed E-state index contributed by atoms with van der Waals surface area (Å²) in [7, 11) is 0. The average molecular weight is 277 g/mol. The molecule has 0 spiro atoms. The zero-order valence-electron chi connectivity index (χ0n) is 10.0. The van der Waals surface area contributed by atoms with Gasteiger partial charge in [0.25, 0.3) is 0 Å². The fourth-order valence-electron chi connectivity index (χ4n) is 1.23. The second-order valence-electron chi connectivity index (χ2n) is 4.26. The Hall–Kier alpha value is -2.12. The molecule has 5 nitrogen and oxygen atoms in total. The highest BCUT2D eigenvalue weighted by Gasteiger charge is 2.34. The van der Waals surface area contributed by atoms with Crippen LogP contribution in [0.3, 0.4) is 0 Å². The molecule has 1 aromatic carbocycles. The summed E-state index contributed by atoms with van der Waals surface area (Å²) in [5.74, 6) is -0.393. The summed E-state index contributed by atoms with van der Waals surface area (Å²) in [6, 6.07) is 1.85. The Kier molecular flexibility index (Phi) is 3.83. The number of halogens is 3. The summed E-state index contributed by atoms with van der Waals surface area (Å²) in [6.07, 6.45) is -4.29. The molecule has 104 valence electrons. The molecule has 0 bridgehead atoms. The highest BCUT2D eigenvalue weighted by Crippen LogP contribution is 2.37. The van der Waals surface area contributed by atoms with E-state index in [1.807, 2.05) is 0 Å². The molecule has 1 aromatic rings. The van der Waals surface area contributed by atoms with Gasteiger partial charge >= 0.3 is 11.9 Å². The van der Waals surface area contributed by atoms with Crippen LogP contribution in [0.15, 0.2) is 18.2 Å². The Bertz CT molecular complexity index is 511. The molecule has 0 unspecified atom stereocenters. The van der Waals surface area contributed by atoms with Crippen LogP contribution in [0.2, 0.25) is 0 Å². The highest BCUT2D eigenvalue weighted by atomic mass is 19.4. The van der Waals surface area contributed by atoms with E-state index in [0.717, 1.165) is 6.07 Å². The number of rotatable bonds is 4. The van der Waals surface area contributed by atoms with E-state index in [-0.39, 0.29) is 0 Å². The molecular formula is C11H10F3NO4. The van der Waals surface area contributed by atoms with E-state index < -0.39 is 33.7 Å². The summed E-state index contributed by atoms with van der Waals surface area (Å²) in [4.78, 5) is 20.4. The van der Waals surface area contributed by atoms with Gasteiger partial charge in [0.2, 0.25) is 0 Å². The van der Waals surface area contributed by atoms with Crippen LogP contribution in [0.4, 0.5) is 18.9 Å². The van der Waals surface area contributed by atoms with E-state index in [4.69, 9.17) is 4.74 Å². The largest absolute Gasteiger partial charge is 0.473 e. The molecule has 0 atom stereocenters. The molecule has 19 heavy (non-hydrogen) atoms. The van der Waals surface area contributed by atoms with Gasteiger partial charge in [-0.15, -0.1) is 0 Å². The minimum absolute atomic E-state index is 0.371. The van der Waals surface area contributed by atoms with Crippen LogP contribution in [0.5, 0.6) is 5.75 Å². The zero-order valence-corrected chi connectivity index (χ0v) is 10.0. The van der Waals surface area contributed by atoms with Gasteiger partial charge in [0, 0.05) is 6.07 Å². The number of carbonyl (C=O) groups is 1. The Morgan fingerprint density at radius 1 is 1.32 bits per heavy atom. The molecule has 0 aliphatic rings. The maximum Gasteiger partial charge on any atom is 0.416 e. The third kappa shape index (κ3) is 3.67. The van der Waals surface area contributed by atoms with Gasteiger partial charge in [0.05, 0.1) is 10.5 Å². The van der Waals surface area contributed by atoms with Crippen molar-refractivity contribution in [2.24, 2.45) is 0 Å². The number of hydrogen-bond donors (Lipinski definition) is 0. The second-order valence-corrected chi connectivity index (χ2v) is 4.26. The molecule has 1 rings (SSSR count). The lowest BCUT2D eigenvalue weighted by Gasteiger charge is -2.19. The third-order valence-corrected chi connectivity index (χ3v) is 2.14. The molecule has 0 fully saturated rings. The quantitative estimate of drug-likeness (QED) is 0.482. The van der Waals surface area contributed by atoms with Gasteiger partial charge in [-0.05, 0) is 26.0 Å². The second kappa shape index (κ2) is 4.87. The van der Waals surface area contributed by atoms with Gasteiger partial charge in [-0.25, -0.2) is 0 Å². The monoisotopic (exact) mass is 277 g/mol. The van der Waals surface area contributed by atoms with Crippen molar-refractivity contribution >= 4 is 12.0 Å². The van der Waals surface area contributed by atoms with Crippen molar-refractivity contribution in [3.8, 4) is 5.75 Å². The lowest BCUT2D eigenvalue weighted by molar-refractivity contribution is -0.386. The number of nitro benzene ring substituents is 1. The number of ether oxygens (including phenoxy) is 1. The van der Waals surface area contributed by atoms with Crippen molar-refractivity contribution in [1.29, 1.82) is 0 Å². The first kappa shape index (κ1) is 14.9. The maximum absolute atomic E-state index is 12.4. The predicted molar refractivity (Wildman–Crippen MR) is 58.9 cm³/mol. The number of nitrogens with zero attached hydrogens (tertiary/aromatic N) is 1. The van der Waals surface area contributed by atoms with Gasteiger partial charge in [-0.3, -0.25) is 14.9 Å². The van der Waals surface area contributed by atoms with E-state index in [2.05, 4.69) is 0 Å². The number of aldehydes is 1. The van der Waals surface area contributed by atoms with Crippen molar-refractivity contribution in [3.05, 3.63) is 33.9 Å². The Morgan fingerprint density at radius 2 is 1.89 bits per heavy atom. The van der Waals surface area contributed by atoms with Crippen molar-refractivity contribution in [3.63, 3.8) is 0 Å². The van der Waals surface area contributed by atoms with E-state index in [0.29, 0.717) is 18.4 Å². The molecule has 0 radical (unpaired) electrons. The number of hydrogen-bond acceptors (Lipinski definition) is 4. The number of carbonyl (C=O) groups excluding carboxylic acids is 1. The van der Waals surface area contributed by atoms with Gasteiger partial charge in [-0.2, -0.15) is 13.2 Å². The van der Waals surface area contributed by atoms with E-state index in [1.54, 1.807) is 0 Å². The fraction of sp³-hybridized carbons (Fsp3) is 0.364. The van der Waals surface area contributed by atoms with Gasteiger partial charge < -0.3 is 4.74 Å². The molecule has 0 amide bonds. The fourth-order valence-corrected chi connectivity index (χ4v) is 1.23. The van der Waals surface area contributed by atoms with Crippen LogP contribution >= 0.6 is 0 Å². The van der Waals surface area contributed by atoms with Crippen LogP contribution in [0.1, 0.15) is 19.4 Å². The smallest absolute Gasteiger partial charge is 0.416 e. The summed E-state index contributed by atoms with van der Waals surface area (Å²) >= 11 is 0. The Morgan fingerprint density at radius 3 is 2.32 bits per heavy atom. The van der Waals surface area contributed by atoms with Gasteiger partial charge in [0.15, 0.2) is 17.6 Å². The van der Waals surface area contributed by atoms with Gasteiger partial charge in [-0.1, -0.05) is 0 Å². The van der Waals surface area contributed by atoms with Crippen LogP contribution < -0.4 is 4.74 Å². The minimum atomic E-state index is -4.69. The molecule has 8 heteroatoms. The first-order chi connectivity index (χ1) is 8.57. The summed E-state index contributed by atoms with van der Waals surface area (Å²) in [5.41, 5.74) is -3.37. The summed E-state index contributed by atoms with van der Waals surface area (Å²) < 4.78 is 42.4.